The maximum atomic E-state index is 12.1. The molecule has 7 heteroatoms. The Morgan fingerprint density at radius 3 is 2.76 bits per heavy atom. The van der Waals surface area contributed by atoms with Crippen LogP contribution in [-0.4, -0.2) is 28.9 Å². The molecule has 0 spiro atoms. The fourth-order valence-electron chi connectivity index (χ4n) is 1.96. The molecular weight excluding hydrogens is 338 g/mol. The average molecular weight is 360 g/mol. The van der Waals surface area contributed by atoms with Crippen LogP contribution in [0.25, 0.3) is 0 Å². The molecule has 0 aliphatic rings. The average Bonchev–Trinajstić information content (AvgIpc) is 2.46. The van der Waals surface area contributed by atoms with Crippen LogP contribution in [0.3, 0.4) is 0 Å². The molecule has 0 radical (unpaired) electrons. The first-order valence-electron chi connectivity index (χ1n) is 6.98. The molecule has 6 nitrogen and oxygen atoms in total. The van der Waals surface area contributed by atoms with Crippen molar-refractivity contribution in [2.45, 2.75) is 46.2 Å². The Bertz CT molecular complexity index is 545. The Morgan fingerprint density at radius 2 is 2.19 bits per heavy atom. The number of nitrogens with zero attached hydrogens (tertiary/aromatic N) is 2. The van der Waals surface area contributed by atoms with E-state index in [1.54, 1.807) is 6.20 Å². The number of anilines is 1. The van der Waals surface area contributed by atoms with Gasteiger partial charge in [-0.3, -0.25) is 9.59 Å². The molecule has 2 unspecified atom stereocenters. The van der Waals surface area contributed by atoms with Gasteiger partial charge in [0.25, 0.3) is 5.56 Å². The molecule has 1 aromatic rings. The van der Waals surface area contributed by atoms with E-state index in [0.29, 0.717) is 16.1 Å². The molecule has 118 valence electrons. The standard InChI is InChI=1S/C14H22BrN3O3/c1-5-9(2)6-10(3)17-11-7-16-18(8-12(19)21-4)14(20)13(11)15/h7,9-10,17H,5-6,8H2,1-4H3. The molecule has 0 aliphatic carbocycles. The van der Waals surface area contributed by atoms with Crippen LogP contribution in [-0.2, 0) is 16.1 Å². The Morgan fingerprint density at radius 1 is 1.52 bits per heavy atom. The lowest BCUT2D eigenvalue weighted by Gasteiger charge is -2.19. The number of aromatic nitrogens is 2. The third-order valence-electron chi connectivity index (χ3n) is 3.35. The Kier molecular flexibility index (Phi) is 6.87. The summed E-state index contributed by atoms with van der Waals surface area (Å²) < 4.78 is 5.97. The van der Waals surface area contributed by atoms with Gasteiger partial charge in [-0.1, -0.05) is 20.3 Å². The number of nitrogens with one attached hydrogen (secondary N) is 1. The van der Waals surface area contributed by atoms with E-state index in [0.717, 1.165) is 17.5 Å². The van der Waals surface area contributed by atoms with Gasteiger partial charge in [-0.05, 0) is 35.2 Å². The van der Waals surface area contributed by atoms with Gasteiger partial charge in [0.1, 0.15) is 11.0 Å². The lowest BCUT2D eigenvalue weighted by atomic mass is 10.0. The van der Waals surface area contributed by atoms with Gasteiger partial charge in [0.05, 0.1) is 19.0 Å². The number of carbonyl (C=O) groups excluding carboxylic acids is 1. The topological polar surface area (TPSA) is 73.2 Å². The highest BCUT2D eigenvalue weighted by Crippen LogP contribution is 2.19. The van der Waals surface area contributed by atoms with E-state index in [2.05, 4.69) is 51.9 Å². The second-order valence-electron chi connectivity index (χ2n) is 5.21. The van der Waals surface area contributed by atoms with E-state index >= 15 is 0 Å². The molecule has 0 aliphatic heterocycles. The van der Waals surface area contributed by atoms with Gasteiger partial charge in [0.15, 0.2) is 0 Å². The minimum absolute atomic E-state index is 0.198. The largest absolute Gasteiger partial charge is 0.468 e. The second kappa shape index (κ2) is 8.17. The van der Waals surface area contributed by atoms with E-state index in [1.165, 1.54) is 7.11 Å². The first-order valence-corrected chi connectivity index (χ1v) is 7.77. The first kappa shape index (κ1) is 17.7. The van der Waals surface area contributed by atoms with Gasteiger partial charge in [0.2, 0.25) is 0 Å². The number of ether oxygens (including phenoxy) is 1. The van der Waals surface area contributed by atoms with Gasteiger partial charge in [0, 0.05) is 6.04 Å². The third-order valence-corrected chi connectivity index (χ3v) is 4.11. The zero-order valence-corrected chi connectivity index (χ0v) is 14.4. The molecule has 2 atom stereocenters. The fraction of sp³-hybridized carbons (Fsp3) is 0.643. The molecule has 1 aromatic heterocycles. The molecule has 0 saturated heterocycles. The summed E-state index contributed by atoms with van der Waals surface area (Å²) in [6.07, 6.45) is 3.67. The van der Waals surface area contributed by atoms with Gasteiger partial charge in [-0.25, -0.2) is 4.68 Å². The number of methoxy groups -OCH3 is 1. The van der Waals surface area contributed by atoms with Gasteiger partial charge >= 0.3 is 5.97 Å². The summed E-state index contributed by atoms with van der Waals surface area (Å²) in [6, 6.07) is 0.230. The number of carbonyl (C=O) groups is 1. The normalized spacial score (nSPS) is 13.6. The molecule has 1 rings (SSSR count). The molecule has 1 N–H and O–H groups in total. The third kappa shape index (κ3) is 5.15. The SMILES string of the molecule is CCC(C)CC(C)Nc1cnn(CC(=O)OC)c(=O)c1Br. The van der Waals surface area contributed by atoms with E-state index in [9.17, 15) is 9.59 Å². The Hall–Kier alpha value is -1.37. The minimum Gasteiger partial charge on any atom is -0.468 e. The molecular formula is C14H22BrN3O3. The van der Waals surface area contributed by atoms with Crippen molar-refractivity contribution >= 4 is 27.6 Å². The molecule has 21 heavy (non-hydrogen) atoms. The Labute approximate surface area is 133 Å². The Balaban J connectivity index is 2.84. The molecule has 0 saturated carbocycles. The van der Waals surface area contributed by atoms with Crippen LogP contribution in [0.1, 0.15) is 33.6 Å². The smallest absolute Gasteiger partial charge is 0.327 e. The summed E-state index contributed by atoms with van der Waals surface area (Å²) in [5, 5.41) is 7.26. The van der Waals surface area contributed by atoms with E-state index < -0.39 is 5.97 Å². The van der Waals surface area contributed by atoms with Crippen molar-refractivity contribution in [1.82, 2.24) is 9.78 Å². The van der Waals surface area contributed by atoms with Crippen LogP contribution < -0.4 is 10.9 Å². The van der Waals surface area contributed by atoms with E-state index in [-0.39, 0.29) is 18.1 Å². The quantitative estimate of drug-likeness (QED) is 0.756. The predicted molar refractivity (Wildman–Crippen MR) is 85.4 cm³/mol. The highest BCUT2D eigenvalue weighted by atomic mass is 79.9. The lowest BCUT2D eigenvalue weighted by molar-refractivity contribution is -0.141. The fourth-order valence-corrected chi connectivity index (χ4v) is 2.38. The monoisotopic (exact) mass is 359 g/mol. The summed E-state index contributed by atoms with van der Waals surface area (Å²) in [6.45, 7) is 6.22. The molecule has 0 fully saturated rings. The number of halogens is 1. The van der Waals surface area contributed by atoms with Crippen molar-refractivity contribution in [3.05, 3.63) is 21.0 Å². The van der Waals surface area contributed by atoms with Gasteiger partial charge in [-0.2, -0.15) is 5.10 Å². The number of esters is 1. The van der Waals surface area contributed by atoms with E-state index in [4.69, 9.17) is 0 Å². The maximum Gasteiger partial charge on any atom is 0.327 e. The summed E-state index contributed by atoms with van der Waals surface area (Å²) in [5.74, 6) is 0.0984. The lowest BCUT2D eigenvalue weighted by Crippen LogP contribution is -2.29. The number of rotatable bonds is 7. The van der Waals surface area contributed by atoms with Crippen LogP contribution in [0.2, 0.25) is 0 Å². The molecule has 0 bridgehead atoms. The molecule has 1 heterocycles. The molecule has 0 amide bonds. The van der Waals surface area contributed by atoms with E-state index in [1.807, 2.05) is 0 Å². The number of hydrogen-bond donors (Lipinski definition) is 1. The van der Waals surface area contributed by atoms with Gasteiger partial charge in [-0.15, -0.1) is 0 Å². The summed E-state index contributed by atoms with van der Waals surface area (Å²) in [7, 11) is 1.27. The van der Waals surface area contributed by atoms with Crippen molar-refractivity contribution in [2.24, 2.45) is 5.92 Å². The predicted octanol–water partition coefficient (Wildman–Crippen LogP) is 2.42. The van der Waals surface area contributed by atoms with Crippen LogP contribution in [0, 0.1) is 5.92 Å². The summed E-state index contributed by atoms with van der Waals surface area (Å²) in [4.78, 5) is 23.3. The summed E-state index contributed by atoms with van der Waals surface area (Å²) >= 11 is 3.27. The minimum atomic E-state index is -0.512. The zero-order chi connectivity index (χ0) is 16.0. The van der Waals surface area contributed by atoms with Crippen molar-refractivity contribution in [2.75, 3.05) is 12.4 Å². The van der Waals surface area contributed by atoms with Crippen molar-refractivity contribution in [3.63, 3.8) is 0 Å². The van der Waals surface area contributed by atoms with Crippen LogP contribution in [0.15, 0.2) is 15.5 Å². The number of hydrogen-bond acceptors (Lipinski definition) is 5. The maximum absolute atomic E-state index is 12.1. The van der Waals surface area contributed by atoms with Crippen molar-refractivity contribution in [3.8, 4) is 0 Å². The van der Waals surface area contributed by atoms with Crippen LogP contribution in [0.4, 0.5) is 5.69 Å². The highest BCUT2D eigenvalue weighted by Gasteiger charge is 2.14. The molecule has 0 aromatic carbocycles. The second-order valence-corrected chi connectivity index (χ2v) is 6.00. The van der Waals surface area contributed by atoms with Gasteiger partial charge < -0.3 is 10.1 Å². The van der Waals surface area contributed by atoms with Crippen LogP contribution >= 0.6 is 15.9 Å². The summed E-state index contributed by atoms with van der Waals surface area (Å²) in [5.41, 5.74) is 0.276. The van der Waals surface area contributed by atoms with Crippen molar-refractivity contribution in [1.29, 1.82) is 0 Å². The van der Waals surface area contributed by atoms with Crippen LogP contribution in [0.5, 0.6) is 0 Å². The first-order chi connectivity index (χ1) is 9.88. The van der Waals surface area contributed by atoms with Crippen molar-refractivity contribution < 1.29 is 9.53 Å². The highest BCUT2D eigenvalue weighted by molar-refractivity contribution is 9.10. The zero-order valence-electron chi connectivity index (χ0n) is 12.9.